The largest absolute Gasteiger partial charge is 0.366 e. The van der Waals surface area contributed by atoms with Gasteiger partial charge in [0.15, 0.2) is 0 Å². The minimum Gasteiger partial charge on any atom is -0.366 e. The molecule has 1 aliphatic rings. The van der Waals surface area contributed by atoms with Crippen LogP contribution < -0.4 is 10.2 Å². The average Bonchev–Trinajstić information content (AvgIpc) is 2.51. The third-order valence-electron chi connectivity index (χ3n) is 3.75. The first-order chi connectivity index (χ1) is 9.11. The SMILES string of the molecule is CNCc1ccc(N2CCCN(C)CC2C)c(Cl)c1. The highest BCUT2D eigenvalue weighted by Gasteiger charge is 2.21. The lowest BCUT2D eigenvalue weighted by atomic mass is 10.1. The summed E-state index contributed by atoms with van der Waals surface area (Å²) >= 11 is 6.47. The molecule has 106 valence electrons. The third kappa shape index (κ3) is 3.62. The van der Waals surface area contributed by atoms with Crippen LogP contribution in [0.2, 0.25) is 5.02 Å². The van der Waals surface area contributed by atoms with Gasteiger partial charge in [-0.3, -0.25) is 0 Å². The maximum absolute atomic E-state index is 6.47. The van der Waals surface area contributed by atoms with Gasteiger partial charge >= 0.3 is 0 Å². The van der Waals surface area contributed by atoms with E-state index in [-0.39, 0.29) is 0 Å². The highest BCUT2D eigenvalue weighted by Crippen LogP contribution is 2.29. The van der Waals surface area contributed by atoms with Gasteiger partial charge in [0.1, 0.15) is 0 Å². The van der Waals surface area contributed by atoms with E-state index in [1.54, 1.807) is 0 Å². The molecule has 0 amide bonds. The lowest BCUT2D eigenvalue weighted by molar-refractivity contribution is 0.337. The van der Waals surface area contributed by atoms with Crippen LogP contribution in [-0.4, -0.2) is 44.7 Å². The normalized spacial score (nSPS) is 21.5. The van der Waals surface area contributed by atoms with Gasteiger partial charge in [-0.15, -0.1) is 0 Å². The van der Waals surface area contributed by atoms with Gasteiger partial charge in [0.05, 0.1) is 10.7 Å². The zero-order chi connectivity index (χ0) is 13.8. The number of benzene rings is 1. The Hall–Kier alpha value is -0.770. The maximum Gasteiger partial charge on any atom is 0.0642 e. The predicted octanol–water partition coefficient (Wildman–Crippen LogP) is 2.59. The molecule has 1 aromatic carbocycles. The molecule has 1 atom stereocenters. The van der Waals surface area contributed by atoms with Crippen molar-refractivity contribution >= 4 is 17.3 Å². The topological polar surface area (TPSA) is 18.5 Å². The monoisotopic (exact) mass is 281 g/mol. The number of hydrogen-bond donors (Lipinski definition) is 1. The van der Waals surface area contributed by atoms with Gasteiger partial charge < -0.3 is 15.1 Å². The molecule has 1 N–H and O–H groups in total. The summed E-state index contributed by atoms with van der Waals surface area (Å²) in [4.78, 5) is 4.84. The van der Waals surface area contributed by atoms with Crippen molar-refractivity contribution in [1.82, 2.24) is 10.2 Å². The van der Waals surface area contributed by atoms with E-state index in [9.17, 15) is 0 Å². The molecule has 1 unspecified atom stereocenters. The average molecular weight is 282 g/mol. The van der Waals surface area contributed by atoms with Crippen molar-refractivity contribution in [3.8, 4) is 0 Å². The summed E-state index contributed by atoms with van der Waals surface area (Å²) in [6.45, 7) is 6.47. The fourth-order valence-corrected chi connectivity index (χ4v) is 3.14. The maximum atomic E-state index is 6.47. The van der Waals surface area contributed by atoms with Crippen LogP contribution in [0.4, 0.5) is 5.69 Å². The molecular formula is C15H24ClN3. The van der Waals surface area contributed by atoms with E-state index in [1.165, 1.54) is 17.7 Å². The Bertz CT molecular complexity index is 422. The Labute approximate surface area is 121 Å². The van der Waals surface area contributed by atoms with E-state index in [2.05, 4.69) is 47.3 Å². The van der Waals surface area contributed by atoms with Crippen LogP contribution in [0.5, 0.6) is 0 Å². The summed E-state index contributed by atoms with van der Waals surface area (Å²) in [6.07, 6.45) is 1.19. The number of hydrogen-bond acceptors (Lipinski definition) is 3. The van der Waals surface area contributed by atoms with Gasteiger partial charge in [0.2, 0.25) is 0 Å². The summed E-state index contributed by atoms with van der Waals surface area (Å²) in [5, 5.41) is 4.02. The smallest absolute Gasteiger partial charge is 0.0642 e. The molecule has 0 radical (unpaired) electrons. The number of anilines is 1. The molecule has 1 saturated heterocycles. The predicted molar refractivity (Wildman–Crippen MR) is 83.1 cm³/mol. The molecule has 0 saturated carbocycles. The van der Waals surface area contributed by atoms with Gasteiger partial charge in [-0.25, -0.2) is 0 Å². The summed E-state index contributed by atoms with van der Waals surface area (Å²) in [7, 11) is 4.14. The molecule has 1 fully saturated rings. The highest BCUT2D eigenvalue weighted by molar-refractivity contribution is 6.33. The minimum atomic E-state index is 0.500. The van der Waals surface area contributed by atoms with E-state index in [4.69, 9.17) is 11.6 Å². The number of nitrogens with zero attached hydrogens (tertiary/aromatic N) is 2. The summed E-state index contributed by atoms with van der Waals surface area (Å²) in [5.74, 6) is 0. The van der Waals surface area contributed by atoms with Crippen LogP contribution in [0.15, 0.2) is 18.2 Å². The number of halogens is 1. The van der Waals surface area contributed by atoms with Crippen molar-refractivity contribution in [2.75, 3.05) is 38.6 Å². The standard InChI is InChI=1S/C15H24ClN3/c1-12-11-18(3)7-4-8-19(12)15-6-5-13(10-17-2)9-14(15)16/h5-6,9,12,17H,4,7-8,10-11H2,1-3H3. The number of nitrogens with one attached hydrogen (secondary N) is 1. The molecular weight excluding hydrogens is 258 g/mol. The van der Waals surface area contributed by atoms with Gasteiger partial charge in [0, 0.05) is 25.7 Å². The molecule has 19 heavy (non-hydrogen) atoms. The molecule has 1 aliphatic heterocycles. The Morgan fingerprint density at radius 1 is 1.37 bits per heavy atom. The van der Waals surface area contributed by atoms with Gasteiger partial charge in [-0.05, 0) is 51.7 Å². The number of likely N-dealkylation sites (N-methyl/N-ethyl adjacent to an activating group) is 1. The minimum absolute atomic E-state index is 0.500. The zero-order valence-corrected chi connectivity index (χ0v) is 12.9. The molecule has 0 aliphatic carbocycles. The van der Waals surface area contributed by atoms with E-state index in [1.807, 2.05) is 7.05 Å². The molecule has 0 spiro atoms. The second-order valence-electron chi connectivity index (χ2n) is 5.47. The van der Waals surface area contributed by atoms with Gasteiger partial charge in [-0.1, -0.05) is 17.7 Å². The first kappa shape index (κ1) is 14.6. The molecule has 0 bridgehead atoms. The molecule has 1 heterocycles. The highest BCUT2D eigenvalue weighted by atomic mass is 35.5. The zero-order valence-electron chi connectivity index (χ0n) is 12.1. The van der Waals surface area contributed by atoms with Crippen LogP contribution in [0.25, 0.3) is 0 Å². The van der Waals surface area contributed by atoms with Crippen LogP contribution >= 0.6 is 11.6 Å². The Kier molecular flexibility index (Phi) is 5.08. The fourth-order valence-electron chi connectivity index (χ4n) is 2.83. The first-order valence-electron chi connectivity index (χ1n) is 7.00. The lowest BCUT2D eigenvalue weighted by Crippen LogP contribution is -2.38. The van der Waals surface area contributed by atoms with Crippen molar-refractivity contribution in [1.29, 1.82) is 0 Å². The molecule has 0 aromatic heterocycles. The first-order valence-corrected chi connectivity index (χ1v) is 7.38. The van der Waals surface area contributed by atoms with Gasteiger partial charge in [-0.2, -0.15) is 0 Å². The summed E-state index contributed by atoms with van der Waals surface area (Å²) in [5.41, 5.74) is 2.40. The molecule has 3 nitrogen and oxygen atoms in total. The van der Waals surface area contributed by atoms with Crippen molar-refractivity contribution in [2.45, 2.75) is 25.9 Å². The summed E-state index contributed by atoms with van der Waals surface area (Å²) in [6, 6.07) is 6.91. The summed E-state index contributed by atoms with van der Waals surface area (Å²) < 4.78 is 0. The van der Waals surface area contributed by atoms with Crippen LogP contribution in [-0.2, 0) is 6.54 Å². The Balaban J connectivity index is 2.20. The second kappa shape index (κ2) is 6.60. The molecule has 4 heteroatoms. The van der Waals surface area contributed by atoms with Crippen LogP contribution in [0.3, 0.4) is 0 Å². The molecule has 1 aromatic rings. The van der Waals surface area contributed by atoms with Crippen molar-refractivity contribution in [3.63, 3.8) is 0 Å². The van der Waals surface area contributed by atoms with Gasteiger partial charge in [0.25, 0.3) is 0 Å². The van der Waals surface area contributed by atoms with Crippen molar-refractivity contribution in [3.05, 3.63) is 28.8 Å². The van der Waals surface area contributed by atoms with Crippen molar-refractivity contribution < 1.29 is 0 Å². The van der Waals surface area contributed by atoms with E-state index >= 15 is 0 Å². The number of rotatable bonds is 3. The van der Waals surface area contributed by atoms with E-state index in [0.29, 0.717) is 6.04 Å². The van der Waals surface area contributed by atoms with Crippen LogP contribution in [0, 0.1) is 0 Å². The van der Waals surface area contributed by atoms with Crippen LogP contribution in [0.1, 0.15) is 18.9 Å². The van der Waals surface area contributed by atoms with E-state index in [0.717, 1.165) is 31.2 Å². The van der Waals surface area contributed by atoms with E-state index < -0.39 is 0 Å². The lowest BCUT2D eigenvalue weighted by Gasteiger charge is -2.31. The quantitative estimate of drug-likeness (QED) is 0.919. The second-order valence-corrected chi connectivity index (χ2v) is 5.88. The third-order valence-corrected chi connectivity index (χ3v) is 4.05. The van der Waals surface area contributed by atoms with Crippen molar-refractivity contribution in [2.24, 2.45) is 0 Å². The Morgan fingerprint density at radius 2 is 2.16 bits per heavy atom. The molecule has 2 rings (SSSR count). The Morgan fingerprint density at radius 3 is 2.84 bits per heavy atom. The fraction of sp³-hybridized carbons (Fsp3) is 0.600.